The summed E-state index contributed by atoms with van der Waals surface area (Å²) in [5, 5.41) is 8.43. The molecule has 4 nitrogen and oxygen atoms in total. The lowest BCUT2D eigenvalue weighted by Crippen LogP contribution is -1.86. The topological polar surface area (TPSA) is 51.6 Å². The number of thiol groups is 1. The van der Waals surface area contributed by atoms with E-state index in [0.717, 1.165) is 16.4 Å². The van der Waals surface area contributed by atoms with E-state index in [1.54, 1.807) is 12.4 Å². The van der Waals surface area contributed by atoms with Crippen LogP contribution in [0.3, 0.4) is 0 Å². The van der Waals surface area contributed by atoms with Gasteiger partial charge < -0.3 is 0 Å². The summed E-state index contributed by atoms with van der Waals surface area (Å²) in [7, 11) is 0. The predicted molar refractivity (Wildman–Crippen MR) is 52.9 cm³/mol. The zero-order valence-corrected chi connectivity index (χ0v) is 8.51. The summed E-state index contributed by atoms with van der Waals surface area (Å²) in [6.45, 7) is 1.89. The molecule has 0 radical (unpaired) electrons. The Kier molecular flexibility index (Phi) is 2.24. The van der Waals surface area contributed by atoms with Gasteiger partial charge in [-0.3, -0.25) is 9.97 Å². The van der Waals surface area contributed by atoms with E-state index in [9.17, 15) is 0 Å². The molecule has 66 valence electrons. The second kappa shape index (κ2) is 3.39. The highest BCUT2D eigenvalue weighted by molar-refractivity contribution is 7.82. The molecule has 0 aliphatic carbocycles. The first-order chi connectivity index (χ1) is 6.25. The van der Waals surface area contributed by atoms with Gasteiger partial charge in [-0.25, -0.2) is 0 Å². The molecular weight excluding hydrogens is 204 g/mol. The third-order valence-electron chi connectivity index (χ3n) is 1.41. The molecule has 0 N–H and O–H groups in total. The monoisotopic (exact) mass is 210 g/mol. The third-order valence-corrected chi connectivity index (χ3v) is 2.53. The SMILES string of the molecule is Cc1cnc(-c2nnc(S)s2)cn1. The van der Waals surface area contributed by atoms with Crippen LogP contribution < -0.4 is 0 Å². The smallest absolute Gasteiger partial charge is 0.171 e. The summed E-state index contributed by atoms with van der Waals surface area (Å²) in [5.74, 6) is 0. The Morgan fingerprint density at radius 1 is 1.23 bits per heavy atom. The predicted octanol–water partition coefficient (Wildman–Crippen LogP) is 1.59. The molecule has 0 aliphatic rings. The molecule has 0 saturated heterocycles. The van der Waals surface area contributed by atoms with E-state index < -0.39 is 0 Å². The highest BCUT2D eigenvalue weighted by atomic mass is 32.2. The quantitative estimate of drug-likeness (QED) is 0.726. The van der Waals surface area contributed by atoms with Crippen LogP contribution in [-0.4, -0.2) is 20.2 Å². The highest BCUT2D eigenvalue weighted by Crippen LogP contribution is 2.22. The van der Waals surface area contributed by atoms with E-state index in [2.05, 4.69) is 32.8 Å². The first kappa shape index (κ1) is 8.58. The zero-order chi connectivity index (χ0) is 9.26. The molecule has 6 heteroatoms. The summed E-state index contributed by atoms with van der Waals surface area (Å²) in [6.07, 6.45) is 3.39. The summed E-state index contributed by atoms with van der Waals surface area (Å²) in [6, 6.07) is 0. The maximum atomic E-state index is 4.17. The summed E-state index contributed by atoms with van der Waals surface area (Å²) < 4.78 is 0.636. The molecule has 0 saturated carbocycles. The molecule has 0 aliphatic heterocycles. The summed E-state index contributed by atoms with van der Waals surface area (Å²) in [5.41, 5.74) is 1.63. The number of aryl methyl sites for hydroxylation is 1. The fourth-order valence-electron chi connectivity index (χ4n) is 0.822. The van der Waals surface area contributed by atoms with Gasteiger partial charge >= 0.3 is 0 Å². The average Bonchev–Trinajstić information content (AvgIpc) is 2.53. The minimum Gasteiger partial charge on any atom is -0.258 e. The maximum absolute atomic E-state index is 4.17. The van der Waals surface area contributed by atoms with Crippen molar-refractivity contribution < 1.29 is 0 Å². The minimum atomic E-state index is 0.636. The van der Waals surface area contributed by atoms with Crippen LogP contribution in [0, 0.1) is 6.92 Å². The van der Waals surface area contributed by atoms with Crippen LogP contribution in [0.4, 0.5) is 0 Å². The first-order valence-electron chi connectivity index (χ1n) is 3.57. The second-order valence-corrected chi connectivity index (χ2v) is 4.14. The van der Waals surface area contributed by atoms with Crippen LogP contribution in [0.15, 0.2) is 16.7 Å². The Hall–Kier alpha value is -1.01. The zero-order valence-electron chi connectivity index (χ0n) is 6.80. The van der Waals surface area contributed by atoms with Gasteiger partial charge in [0.2, 0.25) is 0 Å². The van der Waals surface area contributed by atoms with Crippen molar-refractivity contribution in [2.45, 2.75) is 11.3 Å². The van der Waals surface area contributed by atoms with Crippen molar-refractivity contribution in [3.63, 3.8) is 0 Å². The molecular formula is C7H6N4S2. The van der Waals surface area contributed by atoms with Crippen LogP contribution in [0.1, 0.15) is 5.69 Å². The fraction of sp³-hybridized carbons (Fsp3) is 0.143. The lowest BCUT2D eigenvalue weighted by molar-refractivity contribution is 1.01. The largest absolute Gasteiger partial charge is 0.258 e. The van der Waals surface area contributed by atoms with Gasteiger partial charge in [0, 0.05) is 6.20 Å². The third kappa shape index (κ3) is 1.84. The van der Waals surface area contributed by atoms with Gasteiger partial charge in [-0.2, -0.15) is 0 Å². The number of rotatable bonds is 1. The normalized spacial score (nSPS) is 10.3. The lowest BCUT2D eigenvalue weighted by atomic mass is 10.4. The van der Waals surface area contributed by atoms with E-state index in [-0.39, 0.29) is 0 Å². The minimum absolute atomic E-state index is 0.636. The van der Waals surface area contributed by atoms with Crippen LogP contribution in [0.5, 0.6) is 0 Å². The molecule has 0 atom stereocenters. The van der Waals surface area contributed by atoms with E-state index >= 15 is 0 Å². The Morgan fingerprint density at radius 3 is 2.62 bits per heavy atom. The molecule has 13 heavy (non-hydrogen) atoms. The van der Waals surface area contributed by atoms with E-state index in [1.165, 1.54) is 11.3 Å². The van der Waals surface area contributed by atoms with Crippen molar-refractivity contribution in [3.05, 3.63) is 18.1 Å². The van der Waals surface area contributed by atoms with Crippen LogP contribution in [-0.2, 0) is 0 Å². The van der Waals surface area contributed by atoms with Gasteiger partial charge in [-0.05, 0) is 6.92 Å². The van der Waals surface area contributed by atoms with Gasteiger partial charge in [0.05, 0.1) is 11.9 Å². The lowest BCUT2D eigenvalue weighted by Gasteiger charge is -1.93. The molecule has 2 aromatic rings. The Labute approximate surface area is 84.5 Å². The molecule has 2 aromatic heterocycles. The summed E-state index contributed by atoms with van der Waals surface area (Å²) in [4.78, 5) is 8.29. The van der Waals surface area contributed by atoms with Gasteiger partial charge in [0.25, 0.3) is 0 Å². The fourth-order valence-corrected chi connectivity index (χ4v) is 1.67. The molecule has 0 fully saturated rings. The molecule has 0 unspecified atom stereocenters. The Morgan fingerprint density at radius 2 is 2.08 bits per heavy atom. The first-order valence-corrected chi connectivity index (χ1v) is 4.83. The Bertz CT molecular complexity index is 409. The molecule has 0 spiro atoms. The van der Waals surface area contributed by atoms with Crippen molar-refractivity contribution >= 4 is 24.0 Å². The number of aromatic nitrogens is 4. The molecule has 0 bridgehead atoms. The molecule has 2 rings (SSSR count). The molecule has 2 heterocycles. The van der Waals surface area contributed by atoms with Crippen LogP contribution >= 0.6 is 24.0 Å². The van der Waals surface area contributed by atoms with Crippen LogP contribution in [0.25, 0.3) is 10.7 Å². The van der Waals surface area contributed by atoms with Crippen molar-refractivity contribution in [3.8, 4) is 10.7 Å². The summed E-state index contributed by atoms with van der Waals surface area (Å²) >= 11 is 5.46. The second-order valence-electron chi connectivity index (χ2n) is 2.43. The average molecular weight is 210 g/mol. The molecule has 0 amide bonds. The van der Waals surface area contributed by atoms with Gasteiger partial charge in [0.1, 0.15) is 5.69 Å². The van der Waals surface area contributed by atoms with Crippen LogP contribution in [0.2, 0.25) is 0 Å². The van der Waals surface area contributed by atoms with Gasteiger partial charge in [-0.1, -0.05) is 11.3 Å². The van der Waals surface area contributed by atoms with Gasteiger partial charge in [0.15, 0.2) is 9.35 Å². The highest BCUT2D eigenvalue weighted by Gasteiger charge is 2.05. The number of nitrogens with zero attached hydrogens (tertiary/aromatic N) is 4. The molecule has 0 aromatic carbocycles. The van der Waals surface area contributed by atoms with E-state index in [4.69, 9.17) is 0 Å². The maximum Gasteiger partial charge on any atom is 0.171 e. The Balaban J connectivity index is 2.41. The van der Waals surface area contributed by atoms with Crippen molar-refractivity contribution in [2.24, 2.45) is 0 Å². The number of hydrogen-bond acceptors (Lipinski definition) is 6. The standard InChI is InChI=1S/C7H6N4S2/c1-4-2-9-5(3-8-4)6-10-11-7(12)13-6/h2-3H,1H3,(H,11,12). The number of hydrogen-bond donors (Lipinski definition) is 1. The van der Waals surface area contributed by atoms with E-state index in [1.807, 2.05) is 6.92 Å². The van der Waals surface area contributed by atoms with Crippen molar-refractivity contribution in [1.29, 1.82) is 0 Å². The van der Waals surface area contributed by atoms with E-state index in [0.29, 0.717) is 4.34 Å². The van der Waals surface area contributed by atoms with Gasteiger partial charge in [-0.15, -0.1) is 22.8 Å². The van der Waals surface area contributed by atoms with Crippen molar-refractivity contribution in [2.75, 3.05) is 0 Å². The van der Waals surface area contributed by atoms with Crippen molar-refractivity contribution in [1.82, 2.24) is 20.2 Å².